The van der Waals surface area contributed by atoms with Crippen LogP contribution in [0.1, 0.15) is 38.7 Å². The van der Waals surface area contributed by atoms with Gasteiger partial charge in [-0.05, 0) is 32.3 Å². The number of rotatable bonds is 6. The number of hydrogen-bond acceptors (Lipinski definition) is 4. The number of hydrogen-bond donors (Lipinski definition) is 2. The van der Waals surface area contributed by atoms with Gasteiger partial charge in [-0.25, -0.2) is 4.98 Å². The van der Waals surface area contributed by atoms with Crippen LogP contribution >= 0.6 is 11.6 Å². The van der Waals surface area contributed by atoms with Crippen LogP contribution in [0.2, 0.25) is 5.02 Å². The van der Waals surface area contributed by atoms with Gasteiger partial charge in [-0.15, -0.1) is 0 Å². The summed E-state index contributed by atoms with van der Waals surface area (Å²) in [5.74, 6) is -0.426. The summed E-state index contributed by atoms with van der Waals surface area (Å²) >= 11 is 5.99. The number of anilines is 1. The number of pyridine rings is 1. The number of nitrogens with zero attached hydrogens (tertiary/aromatic N) is 2. The number of aromatic nitrogens is 1. The minimum Gasteiger partial charge on any atom is -0.355 e. The quantitative estimate of drug-likeness (QED) is 0.742. The average molecular weight is 421 g/mol. The van der Waals surface area contributed by atoms with Gasteiger partial charge in [-0.3, -0.25) is 9.59 Å². The molecule has 2 amide bonds. The lowest BCUT2D eigenvalue weighted by atomic mass is 9.95. The minimum atomic E-state index is -4.50. The smallest absolute Gasteiger partial charge is 0.355 e. The second kappa shape index (κ2) is 9.45. The van der Waals surface area contributed by atoms with Crippen molar-refractivity contribution >= 4 is 29.2 Å². The van der Waals surface area contributed by atoms with E-state index in [0.29, 0.717) is 32.5 Å². The van der Waals surface area contributed by atoms with Gasteiger partial charge in [0.05, 0.1) is 10.6 Å². The zero-order chi connectivity index (χ0) is 20.9. The summed E-state index contributed by atoms with van der Waals surface area (Å²) in [6, 6.07) is 0.238. The highest BCUT2D eigenvalue weighted by molar-refractivity contribution is 6.33. The number of carbonyl (C=O) groups excluding carboxylic acids is 2. The highest BCUT2D eigenvalue weighted by atomic mass is 35.5. The van der Waals surface area contributed by atoms with Gasteiger partial charge in [0.15, 0.2) is 0 Å². The Labute approximate surface area is 166 Å². The molecule has 0 aromatic carbocycles. The van der Waals surface area contributed by atoms with E-state index >= 15 is 0 Å². The van der Waals surface area contributed by atoms with E-state index in [1.807, 2.05) is 6.92 Å². The van der Waals surface area contributed by atoms with E-state index in [4.69, 9.17) is 11.6 Å². The summed E-state index contributed by atoms with van der Waals surface area (Å²) in [7, 11) is 0. The predicted octanol–water partition coefficient (Wildman–Crippen LogP) is 3.00. The summed E-state index contributed by atoms with van der Waals surface area (Å²) in [5.41, 5.74) is -0.897. The molecule has 0 saturated carbocycles. The first kappa shape index (κ1) is 22.3. The van der Waals surface area contributed by atoms with Crippen LogP contribution in [-0.4, -0.2) is 42.5 Å². The van der Waals surface area contributed by atoms with Gasteiger partial charge in [-0.2, -0.15) is 13.2 Å². The summed E-state index contributed by atoms with van der Waals surface area (Å²) in [6.45, 7) is 5.00. The van der Waals surface area contributed by atoms with Crippen molar-refractivity contribution in [3.63, 3.8) is 0 Å². The zero-order valence-electron chi connectivity index (χ0n) is 15.8. The molecule has 1 atom stereocenters. The molecule has 1 aromatic rings. The summed E-state index contributed by atoms with van der Waals surface area (Å²) in [5, 5.41) is 5.37. The fourth-order valence-electron chi connectivity index (χ4n) is 2.97. The molecule has 1 aromatic heterocycles. The molecule has 1 fully saturated rings. The third-order valence-corrected chi connectivity index (χ3v) is 4.89. The number of carbonyl (C=O) groups is 2. The molecular formula is C18H24ClF3N4O2. The Morgan fingerprint density at radius 3 is 2.54 bits per heavy atom. The highest BCUT2D eigenvalue weighted by Crippen LogP contribution is 2.34. The maximum absolute atomic E-state index is 12.7. The molecule has 0 radical (unpaired) electrons. The van der Waals surface area contributed by atoms with Gasteiger partial charge in [0.25, 0.3) is 0 Å². The molecule has 2 heterocycles. The van der Waals surface area contributed by atoms with E-state index in [-0.39, 0.29) is 28.6 Å². The standard InChI is InChI=1S/C18H24ClF3N4O2/c1-3-6-23-16(27)11(2)25-17(28)12-4-7-26(8-5-12)15-14(19)9-13(10-24-15)18(20,21)22/h9-12H,3-8H2,1-2H3,(H,23,27)(H,25,28)/t11-/m1/s1. The second-order valence-electron chi connectivity index (χ2n) is 6.81. The first-order valence-corrected chi connectivity index (χ1v) is 9.57. The average Bonchev–Trinajstić information content (AvgIpc) is 2.65. The van der Waals surface area contributed by atoms with Crippen molar-refractivity contribution in [1.82, 2.24) is 15.6 Å². The van der Waals surface area contributed by atoms with Crippen molar-refractivity contribution in [3.8, 4) is 0 Å². The molecule has 0 aliphatic carbocycles. The van der Waals surface area contributed by atoms with Crippen LogP contribution < -0.4 is 15.5 Å². The lowest BCUT2D eigenvalue weighted by molar-refractivity contribution is -0.137. The van der Waals surface area contributed by atoms with Crippen LogP contribution in [0.15, 0.2) is 12.3 Å². The Bertz CT molecular complexity index is 707. The third kappa shape index (κ3) is 5.73. The van der Waals surface area contributed by atoms with E-state index in [9.17, 15) is 22.8 Å². The van der Waals surface area contributed by atoms with Gasteiger partial charge in [0, 0.05) is 31.7 Å². The number of alkyl halides is 3. The summed E-state index contributed by atoms with van der Waals surface area (Å²) < 4.78 is 38.2. The summed E-state index contributed by atoms with van der Waals surface area (Å²) in [6.07, 6.45) is -1.94. The second-order valence-corrected chi connectivity index (χ2v) is 7.22. The molecule has 2 N–H and O–H groups in total. The van der Waals surface area contributed by atoms with Crippen molar-refractivity contribution in [2.75, 3.05) is 24.5 Å². The monoisotopic (exact) mass is 420 g/mol. The maximum Gasteiger partial charge on any atom is 0.417 e. The fourth-order valence-corrected chi connectivity index (χ4v) is 3.26. The topological polar surface area (TPSA) is 74.3 Å². The molecule has 10 heteroatoms. The molecule has 28 heavy (non-hydrogen) atoms. The van der Waals surface area contributed by atoms with Crippen LogP contribution in [0.25, 0.3) is 0 Å². The van der Waals surface area contributed by atoms with E-state index in [1.165, 1.54) is 0 Å². The summed E-state index contributed by atoms with van der Waals surface area (Å²) in [4.78, 5) is 29.9. The van der Waals surface area contributed by atoms with Crippen molar-refractivity contribution in [3.05, 3.63) is 22.8 Å². The Kier molecular flexibility index (Phi) is 7.51. The van der Waals surface area contributed by atoms with Crippen molar-refractivity contribution in [2.45, 2.75) is 45.3 Å². The number of nitrogens with one attached hydrogen (secondary N) is 2. The Morgan fingerprint density at radius 1 is 1.36 bits per heavy atom. The van der Waals surface area contributed by atoms with Crippen LogP contribution in [0.4, 0.5) is 19.0 Å². The van der Waals surface area contributed by atoms with E-state index in [1.54, 1.807) is 11.8 Å². The number of piperidine rings is 1. The number of halogens is 4. The van der Waals surface area contributed by atoms with Gasteiger partial charge in [0.1, 0.15) is 11.9 Å². The molecule has 0 spiro atoms. The molecule has 1 aliphatic heterocycles. The van der Waals surface area contributed by atoms with Crippen LogP contribution in [0, 0.1) is 5.92 Å². The van der Waals surface area contributed by atoms with Gasteiger partial charge < -0.3 is 15.5 Å². The maximum atomic E-state index is 12.7. The van der Waals surface area contributed by atoms with Gasteiger partial charge >= 0.3 is 6.18 Å². The highest BCUT2D eigenvalue weighted by Gasteiger charge is 2.33. The van der Waals surface area contributed by atoms with E-state index in [0.717, 1.165) is 18.7 Å². The zero-order valence-corrected chi connectivity index (χ0v) is 16.5. The largest absolute Gasteiger partial charge is 0.417 e. The van der Waals surface area contributed by atoms with Crippen molar-refractivity contribution in [1.29, 1.82) is 0 Å². The molecule has 0 bridgehead atoms. The Morgan fingerprint density at radius 2 is 2.00 bits per heavy atom. The van der Waals surface area contributed by atoms with Gasteiger partial charge in [-0.1, -0.05) is 18.5 Å². The molecule has 2 rings (SSSR count). The molecular weight excluding hydrogens is 397 g/mol. The first-order valence-electron chi connectivity index (χ1n) is 9.19. The molecule has 1 saturated heterocycles. The Hall–Kier alpha value is -2.03. The van der Waals surface area contributed by atoms with Crippen LogP contribution in [0.3, 0.4) is 0 Å². The van der Waals surface area contributed by atoms with Crippen molar-refractivity contribution < 1.29 is 22.8 Å². The molecule has 156 valence electrons. The molecule has 6 nitrogen and oxygen atoms in total. The lowest BCUT2D eigenvalue weighted by Crippen LogP contribution is -2.48. The number of amides is 2. The Balaban J connectivity index is 1.90. The predicted molar refractivity (Wildman–Crippen MR) is 100 cm³/mol. The van der Waals surface area contributed by atoms with Crippen molar-refractivity contribution in [2.24, 2.45) is 5.92 Å². The molecule has 0 unspecified atom stereocenters. The SMILES string of the molecule is CCCNC(=O)[C@@H](C)NC(=O)C1CCN(c2ncc(C(F)(F)F)cc2Cl)CC1. The van der Waals surface area contributed by atoms with Gasteiger partial charge in [0.2, 0.25) is 11.8 Å². The van der Waals surface area contributed by atoms with Crippen LogP contribution in [-0.2, 0) is 15.8 Å². The van der Waals surface area contributed by atoms with E-state index in [2.05, 4.69) is 15.6 Å². The van der Waals surface area contributed by atoms with Crippen LogP contribution in [0.5, 0.6) is 0 Å². The third-order valence-electron chi connectivity index (χ3n) is 4.62. The minimum absolute atomic E-state index is 0.0704. The van der Waals surface area contributed by atoms with E-state index < -0.39 is 17.8 Å². The first-order chi connectivity index (χ1) is 13.1. The lowest BCUT2D eigenvalue weighted by Gasteiger charge is -2.33. The molecule has 1 aliphatic rings. The normalized spacial score (nSPS) is 16.6. The fraction of sp³-hybridized carbons (Fsp3) is 0.611.